The van der Waals surface area contributed by atoms with E-state index in [1.165, 1.54) is 40.5 Å². The van der Waals surface area contributed by atoms with Gasteiger partial charge in [0.2, 0.25) is 0 Å². The third-order valence-electron chi connectivity index (χ3n) is 4.57. The predicted octanol–water partition coefficient (Wildman–Crippen LogP) is 4.70. The molecule has 2 aromatic carbocycles. The van der Waals surface area contributed by atoms with Crippen LogP contribution in [0.1, 0.15) is 34.7 Å². The fourth-order valence-electron chi connectivity index (χ4n) is 3.52. The number of thiophene rings is 1. The van der Waals surface area contributed by atoms with E-state index in [4.69, 9.17) is 0 Å². The SMILES string of the molecule is CNC(c1ccc2c(c1)CCC2)c1cccc2ccsc12. The molecule has 0 spiro atoms. The molecule has 4 rings (SSSR count). The molecule has 0 fully saturated rings. The van der Waals surface area contributed by atoms with Gasteiger partial charge in [0.05, 0.1) is 6.04 Å². The van der Waals surface area contributed by atoms with Crippen LogP contribution in [0.25, 0.3) is 10.1 Å². The first kappa shape index (κ1) is 13.1. The molecule has 0 aliphatic heterocycles. The van der Waals surface area contributed by atoms with Crippen molar-refractivity contribution >= 4 is 21.4 Å². The molecule has 1 nitrogen and oxygen atoms in total. The second-order valence-corrected chi connectivity index (χ2v) is 6.71. The standard InChI is InChI=1S/C19H19NS/c1-20-18(16-9-8-13-4-2-6-15(13)12-16)17-7-3-5-14-10-11-21-19(14)17/h3,5,7-12,18,20H,2,4,6H2,1H3. The van der Waals surface area contributed by atoms with E-state index >= 15 is 0 Å². The van der Waals surface area contributed by atoms with Gasteiger partial charge in [-0.1, -0.05) is 36.4 Å². The summed E-state index contributed by atoms with van der Waals surface area (Å²) in [4.78, 5) is 0. The number of fused-ring (bicyclic) bond motifs is 2. The molecule has 0 radical (unpaired) electrons. The Morgan fingerprint density at radius 3 is 2.86 bits per heavy atom. The molecule has 1 atom stereocenters. The molecular formula is C19H19NS. The molecule has 1 unspecified atom stereocenters. The Hall–Kier alpha value is -1.64. The van der Waals surface area contributed by atoms with Crippen LogP contribution in [-0.2, 0) is 12.8 Å². The first-order chi connectivity index (χ1) is 10.4. The molecule has 0 bridgehead atoms. The largest absolute Gasteiger partial charge is 0.309 e. The van der Waals surface area contributed by atoms with Crippen molar-refractivity contribution < 1.29 is 0 Å². The van der Waals surface area contributed by atoms with E-state index in [2.05, 4.69) is 60.2 Å². The molecule has 21 heavy (non-hydrogen) atoms. The normalized spacial score (nSPS) is 15.3. The summed E-state index contributed by atoms with van der Waals surface area (Å²) >= 11 is 1.84. The van der Waals surface area contributed by atoms with E-state index in [0.29, 0.717) is 0 Å². The van der Waals surface area contributed by atoms with Crippen LogP contribution in [0.4, 0.5) is 0 Å². The number of aryl methyl sites for hydroxylation is 2. The van der Waals surface area contributed by atoms with Crippen molar-refractivity contribution in [3.63, 3.8) is 0 Å². The zero-order chi connectivity index (χ0) is 14.2. The molecule has 0 amide bonds. The van der Waals surface area contributed by atoms with Crippen molar-refractivity contribution in [1.29, 1.82) is 0 Å². The fraction of sp³-hybridized carbons (Fsp3) is 0.263. The molecule has 106 valence electrons. The molecule has 2 heteroatoms. The Balaban J connectivity index is 1.83. The van der Waals surface area contributed by atoms with E-state index in [1.54, 1.807) is 11.1 Å². The van der Waals surface area contributed by atoms with E-state index in [-0.39, 0.29) is 6.04 Å². The van der Waals surface area contributed by atoms with Crippen LogP contribution in [0.2, 0.25) is 0 Å². The molecule has 1 heterocycles. The van der Waals surface area contributed by atoms with Crippen LogP contribution in [0.15, 0.2) is 47.8 Å². The lowest BCUT2D eigenvalue weighted by molar-refractivity contribution is 0.696. The minimum atomic E-state index is 0.276. The summed E-state index contributed by atoms with van der Waals surface area (Å²) in [5.74, 6) is 0. The Morgan fingerprint density at radius 1 is 1.05 bits per heavy atom. The van der Waals surface area contributed by atoms with Crippen molar-refractivity contribution in [2.75, 3.05) is 7.05 Å². The summed E-state index contributed by atoms with van der Waals surface area (Å²) < 4.78 is 1.40. The van der Waals surface area contributed by atoms with Crippen LogP contribution < -0.4 is 5.32 Å². The highest BCUT2D eigenvalue weighted by Gasteiger charge is 2.18. The lowest BCUT2D eigenvalue weighted by atomic mass is 9.95. The zero-order valence-electron chi connectivity index (χ0n) is 12.2. The van der Waals surface area contributed by atoms with Crippen LogP contribution in [0.5, 0.6) is 0 Å². The maximum Gasteiger partial charge on any atom is 0.0588 e. The summed E-state index contributed by atoms with van der Waals surface area (Å²) in [6, 6.07) is 16.2. The van der Waals surface area contributed by atoms with Gasteiger partial charge in [-0.25, -0.2) is 0 Å². The highest BCUT2D eigenvalue weighted by molar-refractivity contribution is 7.17. The fourth-order valence-corrected chi connectivity index (χ4v) is 4.46. The Morgan fingerprint density at radius 2 is 1.95 bits per heavy atom. The number of hydrogen-bond donors (Lipinski definition) is 1. The van der Waals surface area contributed by atoms with Gasteiger partial charge >= 0.3 is 0 Å². The number of nitrogens with one attached hydrogen (secondary N) is 1. The van der Waals surface area contributed by atoms with Crippen molar-refractivity contribution in [1.82, 2.24) is 5.32 Å². The monoisotopic (exact) mass is 293 g/mol. The summed E-state index contributed by atoms with van der Waals surface area (Å²) in [5, 5.41) is 7.04. The summed E-state index contributed by atoms with van der Waals surface area (Å²) in [7, 11) is 2.06. The molecule has 1 aromatic heterocycles. The maximum atomic E-state index is 3.51. The predicted molar refractivity (Wildman–Crippen MR) is 91.2 cm³/mol. The minimum Gasteiger partial charge on any atom is -0.309 e. The average Bonchev–Trinajstić information content (AvgIpc) is 3.16. The topological polar surface area (TPSA) is 12.0 Å². The Labute approximate surface area is 129 Å². The summed E-state index contributed by atoms with van der Waals surface area (Å²) in [6.45, 7) is 0. The molecular weight excluding hydrogens is 274 g/mol. The van der Waals surface area contributed by atoms with Crippen molar-refractivity contribution in [2.24, 2.45) is 0 Å². The van der Waals surface area contributed by atoms with E-state index in [0.717, 1.165) is 0 Å². The van der Waals surface area contributed by atoms with Gasteiger partial charge in [0.25, 0.3) is 0 Å². The quantitative estimate of drug-likeness (QED) is 0.738. The smallest absolute Gasteiger partial charge is 0.0588 e. The van der Waals surface area contributed by atoms with Gasteiger partial charge in [-0.15, -0.1) is 11.3 Å². The number of hydrogen-bond acceptors (Lipinski definition) is 2. The lowest BCUT2D eigenvalue weighted by Gasteiger charge is -2.19. The van der Waals surface area contributed by atoms with Crippen LogP contribution in [-0.4, -0.2) is 7.05 Å². The minimum absolute atomic E-state index is 0.276. The van der Waals surface area contributed by atoms with Crippen LogP contribution in [0, 0.1) is 0 Å². The van der Waals surface area contributed by atoms with Crippen molar-refractivity contribution in [3.8, 4) is 0 Å². The number of benzene rings is 2. The third kappa shape index (κ3) is 2.19. The lowest BCUT2D eigenvalue weighted by Crippen LogP contribution is -2.18. The highest BCUT2D eigenvalue weighted by atomic mass is 32.1. The maximum absolute atomic E-state index is 3.51. The molecule has 1 N–H and O–H groups in total. The van der Waals surface area contributed by atoms with E-state index in [9.17, 15) is 0 Å². The second-order valence-electron chi connectivity index (χ2n) is 5.79. The molecule has 3 aromatic rings. The van der Waals surface area contributed by atoms with Crippen LogP contribution in [0.3, 0.4) is 0 Å². The molecule has 1 aliphatic carbocycles. The summed E-state index contributed by atoms with van der Waals surface area (Å²) in [6.07, 6.45) is 3.80. The van der Waals surface area contributed by atoms with E-state index in [1.807, 2.05) is 11.3 Å². The Bertz CT molecular complexity index is 787. The first-order valence-electron chi connectivity index (χ1n) is 7.62. The van der Waals surface area contributed by atoms with Gasteiger partial charge in [0.15, 0.2) is 0 Å². The van der Waals surface area contributed by atoms with Gasteiger partial charge in [-0.3, -0.25) is 0 Å². The Kier molecular flexibility index (Phi) is 3.28. The molecule has 1 aliphatic rings. The third-order valence-corrected chi connectivity index (χ3v) is 5.54. The van der Waals surface area contributed by atoms with Gasteiger partial charge in [-0.2, -0.15) is 0 Å². The molecule has 0 saturated heterocycles. The van der Waals surface area contributed by atoms with Crippen molar-refractivity contribution in [3.05, 3.63) is 70.1 Å². The second kappa shape index (κ2) is 5.28. The van der Waals surface area contributed by atoms with Crippen molar-refractivity contribution in [2.45, 2.75) is 25.3 Å². The zero-order valence-corrected chi connectivity index (χ0v) is 13.0. The van der Waals surface area contributed by atoms with Gasteiger partial charge in [-0.05, 0) is 65.4 Å². The van der Waals surface area contributed by atoms with Gasteiger partial charge < -0.3 is 5.32 Å². The van der Waals surface area contributed by atoms with Crippen LogP contribution >= 0.6 is 11.3 Å². The van der Waals surface area contributed by atoms with Gasteiger partial charge in [0, 0.05) is 4.70 Å². The highest BCUT2D eigenvalue weighted by Crippen LogP contribution is 2.34. The summed E-state index contributed by atoms with van der Waals surface area (Å²) in [5.41, 5.74) is 5.87. The van der Waals surface area contributed by atoms with E-state index < -0.39 is 0 Å². The molecule has 0 saturated carbocycles. The number of rotatable bonds is 3. The average molecular weight is 293 g/mol. The van der Waals surface area contributed by atoms with Gasteiger partial charge in [0.1, 0.15) is 0 Å². The first-order valence-corrected chi connectivity index (χ1v) is 8.50.